The first-order chi connectivity index (χ1) is 18.8. The van der Waals surface area contributed by atoms with Crippen molar-refractivity contribution in [3.8, 4) is 0 Å². The number of aromatic nitrogens is 1. The SMILES string of the molecule is CCN(CC)CCN1CCN(c2cccc(Nc3cc(NCc4cc(F)cc(F)c4)c(C(N)=O)cn3)c2)CC1. The van der Waals surface area contributed by atoms with Crippen LogP contribution in [0.5, 0.6) is 0 Å². The van der Waals surface area contributed by atoms with Crippen molar-refractivity contribution >= 4 is 28.8 Å². The lowest BCUT2D eigenvalue weighted by molar-refractivity contribution is 0.100. The van der Waals surface area contributed by atoms with Crippen LogP contribution in [-0.4, -0.2) is 73.0 Å². The first-order valence-corrected chi connectivity index (χ1v) is 13.4. The number of hydrogen-bond acceptors (Lipinski definition) is 7. The topological polar surface area (TPSA) is 89.8 Å². The third-order valence-corrected chi connectivity index (χ3v) is 7.06. The Morgan fingerprint density at radius 1 is 1.03 bits per heavy atom. The van der Waals surface area contributed by atoms with Crippen molar-refractivity contribution in [2.45, 2.75) is 20.4 Å². The van der Waals surface area contributed by atoms with E-state index in [4.69, 9.17) is 5.73 Å². The van der Waals surface area contributed by atoms with Gasteiger partial charge in [-0.1, -0.05) is 19.9 Å². The first kappa shape index (κ1) is 28.3. The molecule has 0 atom stereocenters. The van der Waals surface area contributed by atoms with Gasteiger partial charge in [0.05, 0.1) is 11.3 Å². The molecule has 0 unspecified atom stereocenters. The second-order valence-corrected chi connectivity index (χ2v) is 9.64. The molecular formula is C29H37F2N7O. The number of amides is 1. The van der Waals surface area contributed by atoms with Gasteiger partial charge in [0.25, 0.3) is 5.91 Å². The number of nitrogens with two attached hydrogens (primary N) is 1. The van der Waals surface area contributed by atoms with Crippen LogP contribution >= 0.6 is 0 Å². The van der Waals surface area contributed by atoms with Crippen molar-refractivity contribution < 1.29 is 13.6 Å². The van der Waals surface area contributed by atoms with Crippen molar-refractivity contribution in [2.24, 2.45) is 5.73 Å². The molecule has 208 valence electrons. The standard InChI is InChI=1S/C29H37F2N7O/c1-3-36(4-2)8-9-37-10-12-38(13-11-37)25-7-5-6-24(17-25)35-28-18-27(26(20-34-28)29(32)39)33-19-21-14-22(30)16-23(31)15-21/h5-7,14-18,20H,3-4,8-13,19H2,1-2H3,(H2,32,39)(H2,33,34,35). The van der Waals surface area contributed by atoms with E-state index >= 15 is 0 Å². The minimum Gasteiger partial charge on any atom is -0.380 e. The Morgan fingerprint density at radius 2 is 1.74 bits per heavy atom. The fourth-order valence-corrected chi connectivity index (χ4v) is 4.76. The summed E-state index contributed by atoms with van der Waals surface area (Å²) >= 11 is 0. The Hall–Kier alpha value is -3.76. The maximum atomic E-state index is 13.6. The van der Waals surface area contributed by atoms with Crippen LogP contribution in [0.2, 0.25) is 0 Å². The molecule has 10 heteroatoms. The third kappa shape index (κ3) is 7.87. The highest BCUT2D eigenvalue weighted by Crippen LogP contribution is 2.26. The zero-order chi connectivity index (χ0) is 27.8. The minimum atomic E-state index is -0.667. The van der Waals surface area contributed by atoms with Crippen molar-refractivity contribution in [1.82, 2.24) is 14.8 Å². The maximum absolute atomic E-state index is 13.6. The summed E-state index contributed by atoms with van der Waals surface area (Å²) in [6.07, 6.45) is 1.39. The Kier molecular flexibility index (Phi) is 9.67. The quantitative estimate of drug-likeness (QED) is 0.318. The van der Waals surface area contributed by atoms with E-state index in [0.29, 0.717) is 17.1 Å². The maximum Gasteiger partial charge on any atom is 0.252 e. The number of pyridine rings is 1. The van der Waals surface area contributed by atoms with E-state index in [1.807, 2.05) is 12.1 Å². The van der Waals surface area contributed by atoms with Gasteiger partial charge in [-0.25, -0.2) is 13.8 Å². The lowest BCUT2D eigenvalue weighted by atomic mass is 10.1. The predicted octanol–water partition coefficient (Wildman–Crippen LogP) is 4.28. The lowest BCUT2D eigenvalue weighted by Crippen LogP contribution is -2.48. The average molecular weight is 538 g/mol. The molecule has 1 saturated heterocycles. The van der Waals surface area contributed by atoms with Crippen molar-refractivity contribution in [3.63, 3.8) is 0 Å². The molecule has 8 nitrogen and oxygen atoms in total. The van der Waals surface area contributed by atoms with Gasteiger partial charge in [-0.3, -0.25) is 9.69 Å². The molecule has 0 aliphatic carbocycles. The summed E-state index contributed by atoms with van der Waals surface area (Å²) in [6.45, 7) is 12.9. The van der Waals surface area contributed by atoms with Crippen LogP contribution in [0.4, 0.5) is 31.7 Å². The van der Waals surface area contributed by atoms with E-state index in [1.54, 1.807) is 6.07 Å². The normalized spacial score (nSPS) is 14.0. The largest absolute Gasteiger partial charge is 0.380 e. The third-order valence-electron chi connectivity index (χ3n) is 7.06. The second kappa shape index (κ2) is 13.3. The number of carbonyl (C=O) groups excluding carboxylic acids is 1. The van der Waals surface area contributed by atoms with Crippen molar-refractivity contribution in [2.75, 3.05) is 67.9 Å². The molecule has 1 aliphatic rings. The molecule has 39 heavy (non-hydrogen) atoms. The molecular weight excluding hydrogens is 500 g/mol. The number of nitrogens with one attached hydrogen (secondary N) is 2. The molecule has 0 saturated carbocycles. The van der Waals surface area contributed by atoms with Crippen molar-refractivity contribution in [3.05, 3.63) is 77.5 Å². The number of rotatable bonds is 12. The van der Waals surface area contributed by atoms with Gasteiger partial charge in [-0.2, -0.15) is 0 Å². The number of carbonyl (C=O) groups is 1. The van der Waals surface area contributed by atoms with E-state index in [2.05, 4.69) is 56.3 Å². The number of primary amides is 1. The number of piperazine rings is 1. The van der Waals surface area contributed by atoms with Gasteiger partial charge in [0.1, 0.15) is 17.5 Å². The Labute approximate surface area is 228 Å². The summed E-state index contributed by atoms with van der Waals surface area (Å²) in [5.74, 6) is -1.48. The average Bonchev–Trinajstić information content (AvgIpc) is 2.92. The first-order valence-electron chi connectivity index (χ1n) is 13.4. The number of benzene rings is 2. The van der Waals surface area contributed by atoms with Gasteiger partial charge in [-0.15, -0.1) is 0 Å². The van der Waals surface area contributed by atoms with Gasteiger partial charge < -0.3 is 26.2 Å². The molecule has 3 aromatic rings. The molecule has 0 radical (unpaired) electrons. The smallest absolute Gasteiger partial charge is 0.252 e. The van der Waals surface area contributed by atoms with E-state index in [0.717, 1.165) is 69.8 Å². The van der Waals surface area contributed by atoms with Crippen LogP contribution in [0.15, 0.2) is 54.7 Å². The molecule has 4 N–H and O–H groups in total. The zero-order valence-corrected chi connectivity index (χ0v) is 22.6. The zero-order valence-electron chi connectivity index (χ0n) is 22.6. The molecule has 4 rings (SSSR count). The number of hydrogen-bond donors (Lipinski definition) is 3. The van der Waals surface area contributed by atoms with Crippen LogP contribution in [0, 0.1) is 11.6 Å². The summed E-state index contributed by atoms with van der Waals surface area (Å²) < 4.78 is 27.2. The van der Waals surface area contributed by atoms with Crippen LogP contribution in [0.3, 0.4) is 0 Å². The molecule has 1 amide bonds. The number of nitrogens with zero attached hydrogens (tertiary/aromatic N) is 4. The Morgan fingerprint density at radius 3 is 2.41 bits per heavy atom. The fraction of sp³-hybridized carbons (Fsp3) is 0.379. The molecule has 0 bridgehead atoms. The number of halogens is 2. The van der Waals surface area contributed by atoms with Crippen LogP contribution in [-0.2, 0) is 6.54 Å². The highest BCUT2D eigenvalue weighted by Gasteiger charge is 2.18. The van der Waals surface area contributed by atoms with Gasteiger partial charge in [-0.05, 0) is 49.0 Å². The summed E-state index contributed by atoms with van der Waals surface area (Å²) in [6, 6.07) is 13.1. The monoisotopic (exact) mass is 537 g/mol. The summed E-state index contributed by atoms with van der Waals surface area (Å²) in [5, 5.41) is 6.35. The molecule has 1 aromatic heterocycles. The van der Waals surface area contributed by atoms with Gasteiger partial charge in [0, 0.05) is 75.5 Å². The van der Waals surface area contributed by atoms with Crippen LogP contribution in [0.25, 0.3) is 0 Å². The summed E-state index contributed by atoms with van der Waals surface area (Å²) in [4.78, 5) is 23.6. The van der Waals surface area contributed by atoms with E-state index in [-0.39, 0.29) is 12.1 Å². The molecule has 1 aliphatic heterocycles. The van der Waals surface area contributed by atoms with Gasteiger partial charge in [0.15, 0.2) is 0 Å². The molecule has 2 aromatic carbocycles. The minimum absolute atomic E-state index is 0.106. The number of anilines is 4. The molecule has 0 spiro atoms. The van der Waals surface area contributed by atoms with Gasteiger partial charge >= 0.3 is 0 Å². The van der Waals surface area contributed by atoms with Crippen LogP contribution in [0.1, 0.15) is 29.8 Å². The Balaban J connectivity index is 1.40. The predicted molar refractivity (Wildman–Crippen MR) is 153 cm³/mol. The summed E-state index contributed by atoms with van der Waals surface area (Å²) in [7, 11) is 0. The van der Waals surface area contributed by atoms with Crippen molar-refractivity contribution in [1.29, 1.82) is 0 Å². The molecule has 1 fully saturated rings. The van der Waals surface area contributed by atoms with E-state index < -0.39 is 17.5 Å². The number of likely N-dealkylation sites (N-methyl/N-ethyl adjacent to an activating group) is 1. The Bertz CT molecular complexity index is 1240. The lowest BCUT2D eigenvalue weighted by Gasteiger charge is -2.37. The molecule has 2 heterocycles. The summed E-state index contributed by atoms with van der Waals surface area (Å²) in [5.41, 5.74) is 8.51. The fourth-order valence-electron chi connectivity index (χ4n) is 4.76. The van der Waals surface area contributed by atoms with E-state index in [1.165, 1.54) is 18.3 Å². The highest BCUT2D eigenvalue weighted by atomic mass is 19.1. The van der Waals surface area contributed by atoms with Gasteiger partial charge in [0.2, 0.25) is 0 Å². The van der Waals surface area contributed by atoms with Crippen LogP contribution < -0.4 is 21.3 Å². The highest BCUT2D eigenvalue weighted by molar-refractivity contribution is 5.98. The second-order valence-electron chi connectivity index (χ2n) is 9.64. The van der Waals surface area contributed by atoms with E-state index in [9.17, 15) is 13.6 Å².